The number of nitrogens with zero attached hydrogens (tertiary/aromatic N) is 6. The van der Waals surface area contributed by atoms with Crippen LogP contribution in [-0.4, -0.2) is 37.2 Å². The van der Waals surface area contributed by atoms with Crippen molar-refractivity contribution in [2.45, 2.75) is 0 Å². The van der Waals surface area contributed by atoms with Crippen LogP contribution in [0.15, 0.2) is 89.3 Å². The molecule has 169 valence electrons. The van der Waals surface area contributed by atoms with E-state index in [4.69, 9.17) is 14.3 Å². The molecule has 0 unspecified atom stereocenters. The molecular formula is C21H15BKN6O3S3. The molecule has 1 radical (unpaired) electrons. The maximum Gasteiger partial charge on any atom is 1.00 e. The topological polar surface area (TPSA) is 81.1 Å². The summed E-state index contributed by atoms with van der Waals surface area (Å²) in [6.45, 7) is 0. The average Bonchev–Trinajstić information content (AvgIpc) is 3.65. The van der Waals surface area contributed by atoms with Gasteiger partial charge in [0.15, 0.2) is 0 Å². The van der Waals surface area contributed by atoms with E-state index < -0.39 is 7.32 Å². The van der Waals surface area contributed by atoms with Crippen molar-refractivity contribution in [1.82, 2.24) is 29.8 Å². The summed E-state index contributed by atoms with van der Waals surface area (Å²) in [5, 5.41) is 19.4. The quantitative estimate of drug-likeness (QED) is 0.254. The molecule has 6 rings (SSSR count). The van der Waals surface area contributed by atoms with Crippen LogP contribution in [0, 0.1) is 0 Å². The second-order valence-electron chi connectivity index (χ2n) is 6.85. The standard InChI is InChI=1S/C21H15BN6O3S3.K/c1-4-19(32-13-1)16-7-10-26(23-16)29-22(30-27-11-8-17(24-27)20-5-2-14-33-20)31-28-12-9-18(25-28)21-6-3-15-34-21;/h1-15H;/q-1;+1. The van der Waals surface area contributed by atoms with Crippen LogP contribution in [0.5, 0.6) is 0 Å². The van der Waals surface area contributed by atoms with Gasteiger partial charge in [0.2, 0.25) is 0 Å². The van der Waals surface area contributed by atoms with Crippen LogP contribution >= 0.6 is 34.0 Å². The largest absolute Gasteiger partial charge is 1.00 e. The van der Waals surface area contributed by atoms with E-state index in [9.17, 15) is 0 Å². The van der Waals surface area contributed by atoms with E-state index in [1.165, 1.54) is 14.5 Å². The van der Waals surface area contributed by atoms with Gasteiger partial charge in [-0.15, -0.1) is 49.3 Å². The van der Waals surface area contributed by atoms with Gasteiger partial charge in [-0.05, 0) is 52.5 Å². The van der Waals surface area contributed by atoms with E-state index in [0.29, 0.717) is 0 Å². The van der Waals surface area contributed by atoms with Crippen molar-refractivity contribution < 1.29 is 65.6 Å². The Labute approximate surface area is 255 Å². The molecule has 35 heavy (non-hydrogen) atoms. The van der Waals surface area contributed by atoms with E-state index in [-0.39, 0.29) is 51.4 Å². The zero-order valence-electron chi connectivity index (χ0n) is 18.4. The van der Waals surface area contributed by atoms with Crippen molar-refractivity contribution >= 4 is 41.3 Å². The summed E-state index contributed by atoms with van der Waals surface area (Å²) in [5.74, 6) is 0. The van der Waals surface area contributed by atoms with Crippen LogP contribution in [0.25, 0.3) is 31.7 Å². The van der Waals surface area contributed by atoms with Crippen molar-refractivity contribution in [3.8, 4) is 31.7 Å². The van der Waals surface area contributed by atoms with Gasteiger partial charge in [0.05, 0.1) is 33.2 Å². The Morgan fingerprint density at radius 2 is 0.886 bits per heavy atom. The predicted octanol–water partition coefficient (Wildman–Crippen LogP) is 1.14. The molecule has 0 amide bonds. The molecule has 0 aromatic carbocycles. The maximum absolute atomic E-state index is 5.85. The number of rotatable bonds is 9. The van der Waals surface area contributed by atoms with Gasteiger partial charge in [-0.2, -0.15) is 14.5 Å². The molecule has 0 aliphatic carbocycles. The number of thiophene rings is 3. The number of hydrogen-bond donors (Lipinski definition) is 0. The first kappa shape index (κ1) is 24.5. The first-order valence-corrected chi connectivity index (χ1v) is 12.7. The van der Waals surface area contributed by atoms with Crippen molar-refractivity contribution in [1.29, 1.82) is 0 Å². The minimum Gasteiger partial charge on any atom is -0.560 e. The molecule has 0 spiro atoms. The van der Waals surface area contributed by atoms with Gasteiger partial charge in [0.25, 0.3) is 0 Å². The summed E-state index contributed by atoms with van der Waals surface area (Å²) >= 11 is 4.79. The fourth-order valence-electron chi connectivity index (χ4n) is 3.09. The second-order valence-corrected chi connectivity index (χ2v) is 9.69. The van der Waals surface area contributed by atoms with E-state index >= 15 is 0 Å². The third kappa shape index (κ3) is 5.81. The normalized spacial score (nSPS) is 10.9. The summed E-state index contributed by atoms with van der Waals surface area (Å²) in [6, 6.07) is 17.5. The van der Waals surface area contributed by atoms with Gasteiger partial charge in [-0.1, -0.05) is 18.2 Å². The van der Waals surface area contributed by atoms with E-state index in [2.05, 4.69) is 15.3 Å². The Balaban J connectivity index is 0.00000253. The Bertz CT molecular complexity index is 1290. The van der Waals surface area contributed by atoms with E-state index in [1.807, 2.05) is 70.7 Å². The number of aromatic nitrogens is 6. The molecule has 0 fully saturated rings. The fourth-order valence-corrected chi connectivity index (χ4v) is 5.16. The molecule has 14 heteroatoms. The minimum atomic E-state index is -1.23. The predicted molar refractivity (Wildman–Crippen MR) is 132 cm³/mol. The van der Waals surface area contributed by atoms with Crippen molar-refractivity contribution in [2.75, 3.05) is 0 Å². The van der Waals surface area contributed by atoms with Gasteiger partial charge in [0, 0.05) is 0 Å². The fraction of sp³-hybridized carbons (Fsp3) is 0. The van der Waals surface area contributed by atoms with Crippen molar-refractivity contribution in [3.05, 3.63) is 89.3 Å². The molecule has 0 N–H and O–H groups in total. The Morgan fingerprint density at radius 3 is 1.17 bits per heavy atom. The molecule has 0 saturated heterocycles. The summed E-state index contributed by atoms with van der Waals surface area (Å²) in [4.78, 5) is 6.98. The zero-order valence-corrected chi connectivity index (χ0v) is 23.9. The van der Waals surface area contributed by atoms with Crippen LogP contribution in [0.1, 0.15) is 0 Å². The maximum atomic E-state index is 5.85. The van der Waals surface area contributed by atoms with Crippen LogP contribution in [0.2, 0.25) is 0 Å². The third-order valence-corrected chi connectivity index (χ3v) is 7.28. The molecule has 0 bridgehead atoms. The minimum absolute atomic E-state index is 0. The molecule has 0 saturated carbocycles. The van der Waals surface area contributed by atoms with E-state index in [0.717, 1.165) is 31.7 Å². The summed E-state index contributed by atoms with van der Waals surface area (Å²) in [6.07, 6.45) is 5.07. The molecule has 0 aliphatic rings. The summed E-state index contributed by atoms with van der Waals surface area (Å²) < 4.78 is 17.6. The molecule has 9 nitrogen and oxygen atoms in total. The molecule has 6 aromatic rings. The van der Waals surface area contributed by atoms with Crippen molar-refractivity contribution in [2.24, 2.45) is 0 Å². The van der Waals surface area contributed by atoms with Crippen LogP contribution < -0.4 is 65.6 Å². The Kier molecular flexibility index (Phi) is 7.89. The monoisotopic (exact) mass is 545 g/mol. The zero-order chi connectivity index (χ0) is 22.7. The average molecular weight is 546 g/mol. The Hall–Kier alpha value is -2.17. The Morgan fingerprint density at radius 1 is 0.543 bits per heavy atom. The SMILES string of the molecule is [K+].c1csc(-c2ccn(O[B-](On3ccc(-c4cccs4)n3)On3ccc(-c4cccs4)n3)n2)c1. The van der Waals surface area contributed by atoms with Gasteiger partial charge >= 0.3 is 58.7 Å². The van der Waals surface area contributed by atoms with Gasteiger partial charge in [-0.3, -0.25) is 0 Å². The first-order valence-electron chi connectivity index (χ1n) is 10.1. The molecule has 6 heterocycles. The van der Waals surface area contributed by atoms with Crippen LogP contribution in [0.3, 0.4) is 0 Å². The molecular weight excluding hydrogens is 530 g/mol. The van der Waals surface area contributed by atoms with Crippen LogP contribution in [-0.2, 0) is 0 Å². The van der Waals surface area contributed by atoms with E-state index in [1.54, 1.807) is 52.6 Å². The molecule has 6 aromatic heterocycles. The van der Waals surface area contributed by atoms with Gasteiger partial charge < -0.3 is 14.3 Å². The van der Waals surface area contributed by atoms with Crippen molar-refractivity contribution in [3.63, 3.8) is 0 Å². The second kappa shape index (κ2) is 11.3. The van der Waals surface area contributed by atoms with Gasteiger partial charge in [-0.25, -0.2) is 0 Å². The third-order valence-electron chi connectivity index (χ3n) is 4.60. The first-order chi connectivity index (χ1) is 16.8. The van der Waals surface area contributed by atoms with Crippen LogP contribution in [0.4, 0.5) is 0 Å². The summed E-state index contributed by atoms with van der Waals surface area (Å²) in [7, 11) is -1.23. The number of hydrogen-bond acceptors (Lipinski definition) is 9. The van der Waals surface area contributed by atoms with Gasteiger partial charge in [0.1, 0.15) is 17.1 Å². The smallest absolute Gasteiger partial charge is 0.560 e. The molecule has 0 atom stereocenters. The summed E-state index contributed by atoms with van der Waals surface area (Å²) in [5.41, 5.74) is 2.35. The molecule has 0 aliphatic heterocycles.